The lowest BCUT2D eigenvalue weighted by Crippen LogP contribution is -2.29. The molecule has 2 aromatic carbocycles. The van der Waals surface area contributed by atoms with E-state index in [1.54, 1.807) is 31.2 Å². The predicted octanol–water partition coefficient (Wildman–Crippen LogP) is 3.75. The molecular weight excluding hydrogens is 506 g/mol. The van der Waals surface area contributed by atoms with Gasteiger partial charge in [0.05, 0.1) is 37.1 Å². The summed E-state index contributed by atoms with van der Waals surface area (Å²) in [4.78, 5) is 37.9. The third-order valence-corrected chi connectivity index (χ3v) is 6.39. The molecule has 0 spiro atoms. The van der Waals surface area contributed by atoms with Crippen molar-refractivity contribution < 1.29 is 33.3 Å². The van der Waals surface area contributed by atoms with Crippen LogP contribution in [0.3, 0.4) is 0 Å². The Hall–Kier alpha value is -3.59. The summed E-state index contributed by atoms with van der Waals surface area (Å²) in [5.41, 5.74) is 3.97. The van der Waals surface area contributed by atoms with Crippen LogP contribution in [-0.4, -0.2) is 45.7 Å². The molecule has 0 saturated carbocycles. The van der Waals surface area contributed by atoms with E-state index in [1.165, 1.54) is 21.3 Å². The standard InChI is InChI=1S/C25H22BrNO7/c1-12-19(25(30)33-4)20(21-22(27-12)14-7-5-6-8-15(14)23(21)29)13-9-16(26)24(17(10-13)31-2)34-11-18(28)32-3/h5-10,20,27H,11H2,1-4H3/t20-/m0/s1. The van der Waals surface area contributed by atoms with E-state index in [2.05, 4.69) is 26.0 Å². The molecule has 0 fully saturated rings. The van der Waals surface area contributed by atoms with Gasteiger partial charge < -0.3 is 24.3 Å². The SMILES string of the molecule is COC(=O)COc1c(Br)cc([C@H]2C(C(=O)OC)=C(C)NC3=C2C(=O)c2ccccc23)cc1OC. The summed E-state index contributed by atoms with van der Waals surface area (Å²) >= 11 is 3.48. The molecule has 0 aromatic heterocycles. The van der Waals surface area contributed by atoms with Crippen LogP contribution in [0.5, 0.6) is 11.5 Å². The van der Waals surface area contributed by atoms with E-state index in [1.807, 2.05) is 12.1 Å². The first-order valence-electron chi connectivity index (χ1n) is 10.3. The number of rotatable bonds is 6. The number of Topliss-reactive ketones (excluding diaryl/α,β-unsaturated/α-hetero) is 1. The number of fused-ring (bicyclic) bond motifs is 2. The number of halogens is 1. The first kappa shape index (κ1) is 23.6. The van der Waals surface area contributed by atoms with E-state index in [0.717, 1.165) is 5.56 Å². The Kier molecular flexibility index (Phi) is 6.47. The zero-order chi connectivity index (χ0) is 24.6. The molecule has 0 radical (unpaired) electrons. The molecular formula is C25H22BrNO7. The van der Waals surface area contributed by atoms with Gasteiger partial charge in [-0.25, -0.2) is 9.59 Å². The molecule has 1 heterocycles. The third kappa shape index (κ3) is 3.86. The number of ketones is 1. The first-order chi connectivity index (χ1) is 16.3. The van der Waals surface area contributed by atoms with E-state index in [9.17, 15) is 14.4 Å². The van der Waals surface area contributed by atoms with Crippen LogP contribution in [0.25, 0.3) is 5.70 Å². The topological polar surface area (TPSA) is 100 Å². The Labute approximate surface area is 204 Å². The number of dihydropyridines is 1. The summed E-state index contributed by atoms with van der Waals surface area (Å²) in [6.07, 6.45) is 0. The average molecular weight is 528 g/mol. The lowest BCUT2D eigenvalue weighted by molar-refractivity contribution is -0.143. The van der Waals surface area contributed by atoms with Gasteiger partial charge in [-0.15, -0.1) is 0 Å². The predicted molar refractivity (Wildman–Crippen MR) is 126 cm³/mol. The van der Waals surface area contributed by atoms with Gasteiger partial charge in [-0.1, -0.05) is 24.3 Å². The van der Waals surface area contributed by atoms with Crippen LogP contribution in [0.2, 0.25) is 0 Å². The summed E-state index contributed by atoms with van der Waals surface area (Å²) in [5.74, 6) is -1.38. The number of nitrogens with one attached hydrogen (secondary N) is 1. The van der Waals surface area contributed by atoms with Crippen LogP contribution in [0.1, 0.15) is 34.3 Å². The van der Waals surface area contributed by atoms with E-state index in [4.69, 9.17) is 14.2 Å². The number of methoxy groups -OCH3 is 3. The van der Waals surface area contributed by atoms with Gasteiger partial charge in [-0.2, -0.15) is 0 Å². The van der Waals surface area contributed by atoms with Crippen molar-refractivity contribution in [2.45, 2.75) is 12.8 Å². The molecule has 2 aliphatic rings. The Morgan fingerprint density at radius 1 is 1.06 bits per heavy atom. The molecule has 0 bridgehead atoms. The summed E-state index contributed by atoms with van der Waals surface area (Å²) < 4.78 is 21.3. The smallest absolute Gasteiger partial charge is 0.343 e. The van der Waals surface area contributed by atoms with Gasteiger partial charge in [-0.3, -0.25) is 4.79 Å². The second-order valence-electron chi connectivity index (χ2n) is 7.65. The van der Waals surface area contributed by atoms with E-state index in [-0.39, 0.29) is 12.4 Å². The van der Waals surface area contributed by atoms with E-state index in [0.29, 0.717) is 49.6 Å². The lowest BCUT2D eigenvalue weighted by atomic mass is 9.79. The minimum absolute atomic E-state index is 0.168. The number of hydrogen-bond acceptors (Lipinski definition) is 8. The van der Waals surface area contributed by atoms with Crippen molar-refractivity contribution in [1.82, 2.24) is 5.32 Å². The van der Waals surface area contributed by atoms with Crippen LogP contribution in [0, 0.1) is 0 Å². The molecule has 0 unspecified atom stereocenters. The minimum Gasteiger partial charge on any atom is -0.493 e. The second-order valence-corrected chi connectivity index (χ2v) is 8.50. The van der Waals surface area contributed by atoms with Crippen molar-refractivity contribution >= 4 is 39.3 Å². The number of carbonyl (C=O) groups excluding carboxylic acids is 3. The fourth-order valence-electron chi connectivity index (χ4n) is 4.28. The van der Waals surface area contributed by atoms with Crippen molar-refractivity contribution in [3.05, 3.63) is 74.4 Å². The molecule has 0 amide bonds. The van der Waals surface area contributed by atoms with Gasteiger partial charge >= 0.3 is 11.9 Å². The number of benzene rings is 2. The zero-order valence-corrected chi connectivity index (χ0v) is 20.6. The van der Waals surface area contributed by atoms with Crippen LogP contribution >= 0.6 is 15.9 Å². The number of esters is 2. The number of allylic oxidation sites excluding steroid dienone is 2. The van der Waals surface area contributed by atoms with Crippen molar-refractivity contribution in [2.24, 2.45) is 0 Å². The highest BCUT2D eigenvalue weighted by molar-refractivity contribution is 9.10. The van der Waals surface area contributed by atoms with Gasteiger partial charge in [-0.05, 0) is 40.5 Å². The number of ether oxygens (including phenoxy) is 4. The molecule has 9 heteroatoms. The second kappa shape index (κ2) is 9.34. The fraction of sp³-hybridized carbons (Fsp3) is 0.240. The van der Waals surface area contributed by atoms with Crippen LogP contribution in [0.4, 0.5) is 0 Å². The Balaban J connectivity index is 1.88. The van der Waals surface area contributed by atoms with Crippen molar-refractivity contribution in [1.29, 1.82) is 0 Å². The summed E-state index contributed by atoms with van der Waals surface area (Å²) in [6, 6.07) is 10.7. The summed E-state index contributed by atoms with van der Waals surface area (Å²) in [7, 11) is 4.03. The molecule has 1 N–H and O–H groups in total. The zero-order valence-electron chi connectivity index (χ0n) is 19.0. The molecule has 1 aliphatic carbocycles. The first-order valence-corrected chi connectivity index (χ1v) is 11.1. The minimum atomic E-state index is -0.719. The Morgan fingerprint density at radius 3 is 2.41 bits per heavy atom. The maximum atomic E-state index is 13.5. The van der Waals surface area contributed by atoms with Gasteiger partial charge in [0.2, 0.25) is 0 Å². The Morgan fingerprint density at radius 2 is 1.76 bits per heavy atom. The highest BCUT2D eigenvalue weighted by Crippen LogP contribution is 2.49. The van der Waals surface area contributed by atoms with Gasteiger partial charge in [0, 0.05) is 28.3 Å². The number of hydrogen-bond donors (Lipinski definition) is 1. The quantitative estimate of drug-likeness (QED) is 0.567. The largest absolute Gasteiger partial charge is 0.493 e. The van der Waals surface area contributed by atoms with E-state index >= 15 is 0 Å². The highest BCUT2D eigenvalue weighted by atomic mass is 79.9. The molecule has 34 heavy (non-hydrogen) atoms. The molecule has 1 aliphatic heterocycles. The van der Waals surface area contributed by atoms with Gasteiger partial charge in [0.15, 0.2) is 23.9 Å². The molecule has 8 nitrogen and oxygen atoms in total. The maximum Gasteiger partial charge on any atom is 0.343 e. The lowest BCUT2D eigenvalue weighted by Gasteiger charge is -2.29. The van der Waals surface area contributed by atoms with Crippen molar-refractivity contribution in [3.8, 4) is 11.5 Å². The average Bonchev–Trinajstić information content (AvgIpc) is 3.12. The van der Waals surface area contributed by atoms with Gasteiger partial charge in [0.25, 0.3) is 0 Å². The van der Waals surface area contributed by atoms with E-state index < -0.39 is 17.9 Å². The fourth-order valence-corrected chi connectivity index (χ4v) is 4.85. The normalized spacial score (nSPS) is 16.5. The van der Waals surface area contributed by atoms with Crippen molar-refractivity contribution in [3.63, 3.8) is 0 Å². The Bertz CT molecular complexity index is 1280. The van der Waals surface area contributed by atoms with Gasteiger partial charge in [0.1, 0.15) is 0 Å². The summed E-state index contributed by atoms with van der Waals surface area (Å²) in [6.45, 7) is 1.46. The van der Waals surface area contributed by atoms with Crippen LogP contribution in [-0.2, 0) is 19.1 Å². The monoisotopic (exact) mass is 527 g/mol. The van der Waals surface area contributed by atoms with Crippen molar-refractivity contribution in [2.75, 3.05) is 27.9 Å². The third-order valence-electron chi connectivity index (χ3n) is 5.80. The maximum absolute atomic E-state index is 13.5. The van der Waals surface area contributed by atoms with Crippen LogP contribution in [0.15, 0.2) is 57.7 Å². The molecule has 1 atom stereocenters. The number of carbonyl (C=O) groups is 3. The molecule has 4 rings (SSSR count). The summed E-state index contributed by atoms with van der Waals surface area (Å²) in [5, 5.41) is 3.24. The molecule has 2 aromatic rings. The van der Waals surface area contributed by atoms with Crippen LogP contribution < -0.4 is 14.8 Å². The molecule has 176 valence electrons. The highest BCUT2D eigenvalue weighted by Gasteiger charge is 2.43. The molecule has 0 saturated heterocycles.